The Bertz CT molecular complexity index is 217. The second kappa shape index (κ2) is 5.61. The average molecular weight is 177 g/mol. The summed E-state index contributed by atoms with van der Waals surface area (Å²) in [6.07, 6.45) is 3.78. The Kier molecular flexibility index (Phi) is 5.18. The molecule has 0 atom stereocenters. The molecule has 0 aliphatic carbocycles. The molecule has 0 aromatic heterocycles. The van der Waals surface area contributed by atoms with Gasteiger partial charge in [0.25, 0.3) is 0 Å². The summed E-state index contributed by atoms with van der Waals surface area (Å²) in [6.45, 7) is 15.2. The maximum Gasteiger partial charge on any atom is 0.0774 e. The van der Waals surface area contributed by atoms with Gasteiger partial charge in [-0.05, 0) is 20.8 Å². The van der Waals surface area contributed by atoms with E-state index in [9.17, 15) is 0 Å². The molecule has 0 unspecified atom stereocenters. The van der Waals surface area contributed by atoms with E-state index in [2.05, 4.69) is 43.7 Å². The first-order valence-corrected chi connectivity index (χ1v) is 4.49. The maximum atomic E-state index is 3.73. The molecule has 1 nitrogen and oxygen atoms in total. The first-order valence-electron chi connectivity index (χ1n) is 4.49. The van der Waals surface area contributed by atoms with Gasteiger partial charge in [0.05, 0.1) is 5.54 Å². The van der Waals surface area contributed by atoms with Crippen LogP contribution in [-0.4, -0.2) is 23.5 Å². The smallest absolute Gasteiger partial charge is 0.0774 e. The molecule has 72 valence electrons. The molecule has 0 aliphatic heterocycles. The summed E-state index contributed by atoms with van der Waals surface area (Å²) in [4.78, 5) is 2.23. The molecule has 0 amide bonds. The number of hydrogen-bond donors (Lipinski definition) is 0. The standard InChI is InChI=1S/C12H19N/c1-6-9-12(4,5)13(10-7-2)11-8-3/h7-8H,2-3,10-11H2,1,4-5H3. The first-order chi connectivity index (χ1) is 6.08. The zero-order valence-corrected chi connectivity index (χ0v) is 8.93. The zero-order chi connectivity index (χ0) is 10.3. The van der Waals surface area contributed by atoms with Gasteiger partial charge in [-0.15, -0.1) is 19.1 Å². The third-order valence-corrected chi connectivity index (χ3v) is 1.92. The predicted octanol–water partition coefficient (Wildman–Crippen LogP) is 2.46. The summed E-state index contributed by atoms with van der Waals surface area (Å²) in [5.41, 5.74) is -0.100. The lowest BCUT2D eigenvalue weighted by Crippen LogP contribution is -2.42. The minimum absolute atomic E-state index is 0.100. The van der Waals surface area contributed by atoms with Crippen LogP contribution in [0.1, 0.15) is 20.8 Å². The zero-order valence-electron chi connectivity index (χ0n) is 8.93. The summed E-state index contributed by atoms with van der Waals surface area (Å²) >= 11 is 0. The first kappa shape index (κ1) is 12.0. The largest absolute Gasteiger partial charge is 0.280 e. The highest BCUT2D eigenvalue weighted by atomic mass is 15.2. The molecule has 0 fully saturated rings. The minimum atomic E-state index is -0.100. The third-order valence-electron chi connectivity index (χ3n) is 1.92. The third kappa shape index (κ3) is 3.96. The van der Waals surface area contributed by atoms with Crippen LogP contribution < -0.4 is 0 Å². The van der Waals surface area contributed by atoms with E-state index in [0.29, 0.717) is 0 Å². The van der Waals surface area contributed by atoms with Crippen LogP contribution >= 0.6 is 0 Å². The molecule has 0 saturated heterocycles. The van der Waals surface area contributed by atoms with E-state index in [1.54, 1.807) is 0 Å². The van der Waals surface area contributed by atoms with Crippen LogP contribution in [0.15, 0.2) is 25.3 Å². The van der Waals surface area contributed by atoms with Gasteiger partial charge in [-0.25, -0.2) is 0 Å². The summed E-state index contributed by atoms with van der Waals surface area (Å²) in [5, 5.41) is 0. The van der Waals surface area contributed by atoms with Gasteiger partial charge in [0.15, 0.2) is 0 Å². The van der Waals surface area contributed by atoms with E-state index in [1.165, 1.54) is 0 Å². The fourth-order valence-electron chi connectivity index (χ4n) is 1.23. The quantitative estimate of drug-likeness (QED) is 0.460. The van der Waals surface area contributed by atoms with Crippen molar-refractivity contribution in [1.29, 1.82) is 0 Å². The average Bonchev–Trinajstić information content (AvgIpc) is 2.04. The van der Waals surface area contributed by atoms with Crippen LogP contribution in [0.25, 0.3) is 0 Å². The molecule has 0 radical (unpaired) electrons. The van der Waals surface area contributed by atoms with Crippen molar-refractivity contribution in [3.8, 4) is 11.8 Å². The SMILES string of the molecule is C=CCN(CC=C)C(C)(C)C#CC. The molecule has 0 aromatic rings. The summed E-state index contributed by atoms with van der Waals surface area (Å²) in [7, 11) is 0. The molecular formula is C12H19N. The highest BCUT2D eigenvalue weighted by Crippen LogP contribution is 2.12. The summed E-state index contributed by atoms with van der Waals surface area (Å²) in [6, 6.07) is 0. The molecule has 1 heteroatoms. The minimum Gasteiger partial charge on any atom is -0.280 e. The van der Waals surface area contributed by atoms with Crippen molar-refractivity contribution in [2.45, 2.75) is 26.3 Å². The monoisotopic (exact) mass is 177 g/mol. The Labute approximate surface area is 82.1 Å². The van der Waals surface area contributed by atoms with Crippen molar-refractivity contribution in [3.63, 3.8) is 0 Å². The van der Waals surface area contributed by atoms with E-state index < -0.39 is 0 Å². The molecule has 0 rings (SSSR count). The lowest BCUT2D eigenvalue weighted by molar-refractivity contribution is 0.211. The van der Waals surface area contributed by atoms with E-state index >= 15 is 0 Å². The molecule has 0 aliphatic rings. The highest BCUT2D eigenvalue weighted by Gasteiger charge is 2.21. The van der Waals surface area contributed by atoms with Gasteiger partial charge in [-0.3, -0.25) is 4.90 Å². The van der Waals surface area contributed by atoms with Crippen molar-refractivity contribution in [1.82, 2.24) is 4.90 Å². The van der Waals surface area contributed by atoms with Gasteiger partial charge in [-0.2, -0.15) is 0 Å². The van der Waals surface area contributed by atoms with Crippen LogP contribution in [0.4, 0.5) is 0 Å². The number of hydrogen-bond acceptors (Lipinski definition) is 1. The predicted molar refractivity (Wildman–Crippen MR) is 59.5 cm³/mol. The second-order valence-electron chi connectivity index (χ2n) is 3.42. The van der Waals surface area contributed by atoms with Crippen molar-refractivity contribution in [2.24, 2.45) is 0 Å². The van der Waals surface area contributed by atoms with Gasteiger partial charge in [0.2, 0.25) is 0 Å². The lowest BCUT2D eigenvalue weighted by Gasteiger charge is -2.32. The lowest BCUT2D eigenvalue weighted by atomic mass is 10.0. The van der Waals surface area contributed by atoms with Gasteiger partial charge >= 0.3 is 0 Å². The normalized spacial score (nSPS) is 10.5. The Morgan fingerprint density at radius 3 is 2.00 bits per heavy atom. The Morgan fingerprint density at radius 2 is 1.69 bits per heavy atom. The molecule has 0 spiro atoms. The highest BCUT2D eigenvalue weighted by molar-refractivity contribution is 5.14. The van der Waals surface area contributed by atoms with Gasteiger partial charge in [-0.1, -0.05) is 18.1 Å². The van der Waals surface area contributed by atoms with Crippen LogP contribution in [0, 0.1) is 11.8 Å². The van der Waals surface area contributed by atoms with Gasteiger partial charge in [0, 0.05) is 13.1 Å². The Morgan fingerprint density at radius 1 is 1.23 bits per heavy atom. The molecule has 0 bridgehead atoms. The molecule has 0 heterocycles. The van der Waals surface area contributed by atoms with Crippen LogP contribution in [0.5, 0.6) is 0 Å². The summed E-state index contributed by atoms with van der Waals surface area (Å²) in [5.74, 6) is 6.12. The number of rotatable bonds is 5. The Hall–Kier alpha value is -1.00. The fourth-order valence-corrected chi connectivity index (χ4v) is 1.23. The molecule has 0 saturated carbocycles. The van der Waals surface area contributed by atoms with Crippen molar-refractivity contribution < 1.29 is 0 Å². The second-order valence-corrected chi connectivity index (χ2v) is 3.42. The van der Waals surface area contributed by atoms with Gasteiger partial charge < -0.3 is 0 Å². The van der Waals surface area contributed by atoms with E-state index in [0.717, 1.165) is 13.1 Å². The van der Waals surface area contributed by atoms with Crippen LogP contribution in [-0.2, 0) is 0 Å². The van der Waals surface area contributed by atoms with Crippen molar-refractivity contribution in [2.75, 3.05) is 13.1 Å². The van der Waals surface area contributed by atoms with E-state index in [1.807, 2.05) is 19.1 Å². The molecule has 0 N–H and O–H groups in total. The number of nitrogens with zero attached hydrogens (tertiary/aromatic N) is 1. The van der Waals surface area contributed by atoms with Crippen molar-refractivity contribution >= 4 is 0 Å². The maximum absolute atomic E-state index is 3.73. The molecule has 0 aromatic carbocycles. The summed E-state index contributed by atoms with van der Waals surface area (Å²) < 4.78 is 0. The van der Waals surface area contributed by atoms with E-state index in [-0.39, 0.29) is 5.54 Å². The van der Waals surface area contributed by atoms with Crippen molar-refractivity contribution in [3.05, 3.63) is 25.3 Å². The Balaban J connectivity index is 4.54. The van der Waals surface area contributed by atoms with Gasteiger partial charge in [0.1, 0.15) is 0 Å². The van der Waals surface area contributed by atoms with E-state index in [4.69, 9.17) is 0 Å². The fraction of sp³-hybridized carbons (Fsp3) is 0.500. The van der Waals surface area contributed by atoms with Crippen LogP contribution in [0.2, 0.25) is 0 Å². The topological polar surface area (TPSA) is 3.24 Å². The molecule has 13 heavy (non-hydrogen) atoms. The van der Waals surface area contributed by atoms with Crippen LogP contribution in [0.3, 0.4) is 0 Å². The molecular weight excluding hydrogens is 158 g/mol.